The first-order chi connectivity index (χ1) is 6.56. The Morgan fingerprint density at radius 3 is 2.79 bits per heavy atom. The Morgan fingerprint density at radius 2 is 2.29 bits per heavy atom. The molecule has 0 radical (unpaired) electrons. The van der Waals surface area contributed by atoms with Crippen LogP contribution >= 0.6 is 0 Å². The average Bonchev–Trinajstić information content (AvgIpc) is 2.51. The number of likely N-dealkylation sites (N-methyl/N-ethyl adjacent to an activating group) is 1. The van der Waals surface area contributed by atoms with Gasteiger partial charge in [0.15, 0.2) is 0 Å². The van der Waals surface area contributed by atoms with Gasteiger partial charge in [-0.3, -0.25) is 0 Å². The van der Waals surface area contributed by atoms with Crippen molar-refractivity contribution in [2.24, 2.45) is 5.92 Å². The van der Waals surface area contributed by atoms with Crippen LogP contribution in [0, 0.1) is 5.92 Å². The molecule has 1 aliphatic heterocycles. The first-order valence-corrected chi connectivity index (χ1v) is 5.67. The summed E-state index contributed by atoms with van der Waals surface area (Å²) in [7, 11) is 2.10. The van der Waals surface area contributed by atoms with Crippen LogP contribution in [-0.2, 0) is 0 Å². The van der Waals surface area contributed by atoms with Crippen molar-refractivity contribution in [3.63, 3.8) is 0 Å². The predicted molar refractivity (Wildman–Crippen MR) is 59.4 cm³/mol. The van der Waals surface area contributed by atoms with E-state index in [9.17, 15) is 5.11 Å². The molecular weight excluding hydrogens is 176 g/mol. The molecule has 2 unspecified atom stereocenters. The van der Waals surface area contributed by atoms with Gasteiger partial charge in [0, 0.05) is 19.6 Å². The maximum absolute atomic E-state index is 10.1. The molecule has 3 nitrogen and oxygen atoms in total. The van der Waals surface area contributed by atoms with Crippen LogP contribution in [0.15, 0.2) is 0 Å². The van der Waals surface area contributed by atoms with Crippen LogP contribution in [0.2, 0.25) is 0 Å². The summed E-state index contributed by atoms with van der Waals surface area (Å²) in [6, 6.07) is 0. The lowest BCUT2D eigenvalue weighted by Gasteiger charge is -2.29. The Kier molecular flexibility index (Phi) is 4.35. The third-order valence-electron chi connectivity index (χ3n) is 3.11. The summed E-state index contributed by atoms with van der Waals surface area (Å²) in [6.45, 7) is 8.05. The molecule has 2 atom stereocenters. The van der Waals surface area contributed by atoms with E-state index >= 15 is 0 Å². The van der Waals surface area contributed by atoms with E-state index in [4.69, 9.17) is 0 Å². The zero-order valence-electron chi connectivity index (χ0n) is 9.71. The van der Waals surface area contributed by atoms with Gasteiger partial charge in [0.05, 0.1) is 5.60 Å². The summed E-state index contributed by atoms with van der Waals surface area (Å²) < 4.78 is 0. The molecule has 0 aromatic rings. The van der Waals surface area contributed by atoms with Gasteiger partial charge in [-0.25, -0.2) is 0 Å². The van der Waals surface area contributed by atoms with Crippen molar-refractivity contribution in [2.45, 2.75) is 32.3 Å². The van der Waals surface area contributed by atoms with E-state index in [1.807, 2.05) is 0 Å². The summed E-state index contributed by atoms with van der Waals surface area (Å²) in [5, 5.41) is 13.4. The van der Waals surface area contributed by atoms with Crippen LogP contribution in [0.1, 0.15) is 26.7 Å². The largest absolute Gasteiger partial charge is 0.387 e. The first-order valence-electron chi connectivity index (χ1n) is 5.67. The predicted octanol–water partition coefficient (Wildman–Crippen LogP) is 0.689. The molecule has 1 aliphatic rings. The second kappa shape index (κ2) is 5.10. The lowest BCUT2D eigenvalue weighted by molar-refractivity contribution is 0.0250. The summed E-state index contributed by atoms with van der Waals surface area (Å²) >= 11 is 0. The fourth-order valence-electron chi connectivity index (χ4n) is 2.09. The highest BCUT2D eigenvalue weighted by Crippen LogP contribution is 2.16. The van der Waals surface area contributed by atoms with E-state index in [0.29, 0.717) is 0 Å². The van der Waals surface area contributed by atoms with Gasteiger partial charge >= 0.3 is 0 Å². The second-order valence-electron chi connectivity index (χ2n) is 4.86. The van der Waals surface area contributed by atoms with Crippen molar-refractivity contribution in [2.75, 3.05) is 33.2 Å². The Morgan fingerprint density at radius 1 is 1.57 bits per heavy atom. The number of aliphatic hydroxyl groups is 1. The van der Waals surface area contributed by atoms with E-state index in [1.54, 1.807) is 0 Å². The van der Waals surface area contributed by atoms with E-state index in [1.165, 1.54) is 6.42 Å². The molecule has 3 heteroatoms. The number of β-amino-alcohol motifs (C(OH)–C–C–N with tert-alkyl or cyclic N) is 1. The average molecular weight is 200 g/mol. The van der Waals surface area contributed by atoms with Gasteiger partial charge in [-0.15, -0.1) is 0 Å². The van der Waals surface area contributed by atoms with E-state index in [0.717, 1.165) is 38.5 Å². The van der Waals surface area contributed by atoms with Gasteiger partial charge < -0.3 is 15.3 Å². The molecular formula is C11H24N2O. The molecule has 1 fully saturated rings. The minimum Gasteiger partial charge on any atom is -0.387 e. The fourth-order valence-corrected chi connectivity index (χ4v) is 2.09. The highest BCUT2D eigenvalue weighted by molar-refractivity contribution is 4.90. The van der Waals surface area contributed by atoms with Crippen LogP contribution in [0.4, 0.5) is 0 Å². The van der Waals surface area contributed by atoms with Gasteiger partial charge in [-0.1, -0.05) is 20.3 Å². The summed E-state index contributed by atoms with van der Waals surface area (Å²) in [6.07, 6.45) is 2.10. The molecule has 0 aliphatic carbocycles. The molecule has 1 rings (SSSR count). The summed E-state index contributed by atoms with van der Waals surface area (Å²) in [5.74, 6) is 0.720. The number of nitrogens with zero attached hydrogens (tertiary/aromatic N) is 1. The van der Waals surface area contributed by atoms with Gasteiger partial charge in [0.25, 0.3) is 0 Å². The van der Waals surface area contributed by atoms with Crippen LogP contribution in [0.25, 0.3) is 0 Å². The van der Waals surface area contributed by atoms with Gasteiger partial charge in [-0.2, -0.15) is 0 Å². The molecule has 0 saturated carbocycles. The molecule has 2 N–H and O–H groups in total. The Labute approximate surface area is 87.5 Å². The quantitative estimate of drug-likeness (QED) is 0.685. The smallest absolute Gasteiger partial charge is 0.0909 e. The van der Waals surface area contributed by atoms with Crippen molar-refractivity contribution >= 4 is 0 Å². The van der Waals surface area contributed by atoms with Crippen molar-refractivity contribution < 1.29 is 5.11 Å². The Hall–Kier alpha value is -0.120. The van der Waals surface area contributed by atoms with Gasteiger partial charge in [0.1, 0.15) is 0 Å². The monoisotopic (exact) mass is 200 g/mol. The molecule has 14 heavy (non-hydrogen) atoms. The number of rotatable bonds is 5. The molecule has 0 spiro atoms. The highest BCUT2D eigenvalue weighted by atomic mass is 16.3. The van der Waals surface area contributed by atoms with Crippen LogP contribution < -0.4 is 5.32 Å². The lowest BCUT2D eigenvalue weighted by atomic mass is 10.0. The van der Waals surface area contributed by atoms with Gasteiger partial charge in [0.2, 0.25) is 0 Å². The molecule has 0 bridgehead atoms. The van der Waals surface area contributed by atoms with E-state index < -0.39 is 5.60 Å². The zero-order valence-corrected chi connectivity index (χ0v) is 9.71. The van der Waals surface area contributed by atoms with Crippen LogP contribution in [0.3, 0.4) is 0 Å². The third-order valence-corrected chi connectivity index (χ3v) is 3.11. The SMILES string of the molecule is CCC(C)CN(C)CC1(O)CCNC1. The van der Waals surface area contributed by atoms with Crippen LogP contribution in [-0.4, -0.2) is 48.8 Å². The molecule has 0 amide bonds. The second-order valence-corrected chi connectivity index (χ2v) is 4.86. The Bertz CT molecular complexity index is 167. The lowest BCUT2D eigenvalue weighted by Crippen LogP contribution is -2.44. The Balaban J connectivity index is 2.28. The molecule has 0 aromatic carbocycles. The zero-order chi connectivity index (χ0) is 10.6. The molecule has 1 heterocycles. The first kappa shape index (κ1) is 12.0. The standard InChI is InChI=1S/C11H24N2O/c1-4-10(2)7-13(3)9-11(14)5-6-12-8-11/h10,12,14H,4-9H2,1-3H3. The van der Waals surface area contributed by atoms with Crippen molar-refractivity contribution in [1.82, 2.24) is 10.2 Å². The maximum Gasteiger partial charge on any atom is 0.0909 e. The number of hydrogen-bond acceptors (Lipinski definition) is 3. The van der Waals surface area contributed by atoms with E-state index in [-0.39, 0.29) is 0 Å². The maximum atomic E-state index is 10.1. The molecule has 0 aromatic heterocycles. The number of hydrogen-bond donors (Lipinski definition) is 2. The molecule has 1 saturated heterocycles. The highest BCUT2D eigenvalue weighted by Gasteiger charge is 2.32. The van der Waals surface area contributed by atoms with Crippen molar-refractivity contribution in [3.05, 3.63) is 0 Å². The van der Waals surface area contributed by atoms with Crippen molar-refractivity contribution in [1.29, 1.82) is 0 Å². The molecule has 84 valence electrons. The fraction of sp³-hybridized carbons (Fsp3) is 1.00. The van der Waals surface area contributed by atoms with Crippen molar-refractivity contribution in [3.8, 4) is 0 Å². The van der Waals surface area contributed by atoms with E-state index in [2.05, 4.69) is 31.1 Å². The minimum absolute atomic E-state index is 0.484. The topological polar surface area (TPSA) is 35.5 Å². The summed E-state index contributed by atoms with van der Waals surface area (Å²) in [4.78, 5) is 2.25. The number of nitrogens with one attached hydrogen (secondary N) is 1. The summed E-state index contributed by atoms with van der Waals surface area (Å²) in [5.41, 5.74) is -0.484. The third kappa shape index (κ3) is 3.56. The minimum atomic E-state index is -0.484. The van der Waals surface area contributed by atoms with Gasteiger partial charge in [-0.05, 0) is 25.9 Å². The normalized spacial score (nSPS) is 29.8. The van der Waals surface area contributed by atoms with Crippen LogP contribution in [0.5, 0.6) is 0 Å².